The van der Waals surface area contributed by atoms with Gasteiger partial charge in [0.2, 0.25) is 0 Å². The molecule has 4 nitrogen and oxygen atoms in total. The second kappa shape index (κ2) is 9.37. The van der Waals surface area contributed by atoms with Crippen LogP contribution in [-0.2, 0) is 9.78 Å². The third kappa shape index (κ3) is 5.61. The lowest BCUT2D eigenvalue weighted by Crippen LogP contribution is -2.10. The Morgan fingerprint density at radius 1 is 1.10 bits per heavy atom. The summed E-state index contributed by atoms with van der Waals surface area (Å²) in [5, 5.41) is 0. The normalized spacial score (nSPS) is 10.6. The molecule has 0 amide bonds. The van der Waals surface area contributed by atoms with E-state index in [2.05, 4.69) is 6.92 Å². The van der Waals surface area contributed by atoms with Crippen molar-refractivity contribution in [2.45, 2.75) is 46.0 Å². The molecule has 0 aliphatic carbocycles. The van der Waals surface area contributed by atoms with Crippen molar-refractivity contribution in [2.24, 2.45) is 0 Å². The molecule has 0 bridgehead atoms. The number of rotatable bonds is 9. The molecule has 0 spiro atoms. The largest absolute Gasteiger partial charge is 0.496 e. The molecule has 20 heavy (non-hydrogen) atoms. The van der Waals surface area contributed by atoms with Crippen LogP contribution < -0.4 is 4.74 Å². The number of para-hydroxylation sites is 1. The lowest BCUT2D eigenvalue weighted by molar-refractivity contribution is -0.233. The summed E-state index contributed by atoms with van der Waals surface area (Å²) < 4.78 is 5.10. The quantitative estimate of drug-likeness (QED) is 0.384. The fraction of sp³-hybridized carbons (Fsp3) is 0.500. The first-order valence-electron chi connectivity index (χ1n) is 7.03. The fourth-order valence-corrected chi connectivity index (χ4v) is 1.81. The number of methoxy groups -OCH3 is 1. The standard InChI is InChI=1S/C16H23O4/c1-4-5-6-7-10-13(2)19-20-16(17)14-11-8-9-12-15(14)18-3/h8-9,11-12H,4-7,10H2,1-3H3. The van der Waals surface area contributed by atoms with Gasteiger partial charge in [-0.05, 0) is 25.5 Å². The molecule has 111 valence electrons. The van der Waals surface area contributed by atoms with Gasteiger partial charge < -0.3 is 4.74 Å². The first kappa shape index (κ1) is 16.5. The number of ether oxygens (including phenoxy) is 1. The molecule has 0 aliphatic rings. The van der Waals surface area contributed by atoms with Gasteiger partial charge in [0, 0.05) is 0 Å². The van der Waals surface area contributed by atoms with Crippen LogP contribution in [0.1, 0.15) is 56.3 Å². The summed E-state index contributed by atoms with van der Waals surface area (Å²) in [6, 6.07) is 6.89. The maximum Gasteiger partial charge on any atom is 0.376 e. The van der Waals surface area contributed by atoms with Crippen LogP contribution in [0.25, 0.3) is 0 Å². The zero-order valence-corrected chi connectivity index (χ0v) is 12.5. The van der Waals surface area contributed by atoms with Crippen molar-refractivity contribution >= 4 is 5.97 Å². The number of hydrogen-bond acceptors (Lipinski definition) is 4. The number of carbonyl (C=O) groups excluding carboxylic acids is 1. The molecule has 0 atom stereocenters. The molecule has 0 saturated heterocycles. The maximum atomic E-state index is 11.9. The van der Waals surface area contributed by atoms with Crippen LogP contribution in [0.5, 0.6) is 5.75 Å². The van der Waals surface area contributed by atoms with E-state index in [4.69, 9.17) is 14.5 Å². The number of hydrogen-bond donors (Lipinski definition) is 0. The Labute approximate surface area is 121 Å². The summed E-state index contributed by atoms with van der Waals surface area (Å²) in [6.45, 7) is 3.99. The molecule has 1 rings (SSSR count). The number of benzene rings is 1. The van der Waals surface area contributed by atoms with E-state index in [1.165, 1.54) is 20.0 Å². The van der Waals surface area contributed by atoms with Crippen molar-refractivity contribution in [3.8, 4) is 5.75 Å². The first-order chi connectivity index (χ1) is 9.69. The summed E-state index contributed by atoms with van der Waals surface area (Å²) in [6.07, 6.45) is 6.14. The van der Waals surface area contributed by atoms with Crippen molar-refractivity contribution in [2.75, 3.05) is 7.11 Å². The van der Waals surface area contributed by atoms with Gasteiger partial charge in [0.05, 0.1) is 7.11 Å². The third-order valence-electron chi connectivity index (χ3n) is 2.97. The van der Waals surface area contributed by atoms with Gasteiger partial charge in [-0.1, -0.05) is 44.7 Å². The zero-order valence-electron chi connectivity index (χ0n) is 12.5. The van der Waals surface area contributed by atoms with Gasteiger partial charge in [-0.15, -0.1) is 0 Å². The lowest BCUT2D eigenvalue weighted by Gasteiger charge is -2.11. The van der Waals surface area contributed by atoms with E-state index in [9.17, 15) is 4.79 Å². The summed E-state index contributed by atoms with van der Waals surface area (Å²) in [4.78, 5) is 21.7. The minimum absolute atomic E-state index is 0.355. The van der Waals surface area contributed by atoms with Crippen molar-refractivity contribution in [3.05, 3.63) is 35.9 Å². The van der Waals surface area contributed by atoms with Crippen LogP contribution >= 0.6 is 0 Å². The third-order valence-corrected chi connectivity index (χ3v) is 2.97. The average molecular weight is 279 g/mol. The highest BCUT2D eigenvalue weighted by Crippen LogP contribution is 2.20. The molecule has 0 N–H and O–H groups in total. The van der Waals surface area contributed by atoms with E-state index in [1.54, 1.807) is 24.3 Å². The Balaban J connectivity index is 2.35. The molecule has 0 fully saturated rings. The van der Waals surface area contributed by atoms with Gasteiger partial charge >= 0.3 is 5.97 Å². The molecule has 0 aliphatic heterocycles. The maximum absolute atomic E-state index is 11.9. The Bertz CT molecular complexity index is 403. The van der Waals surface area contributed by atoms with Crippen molar-refractivity contribution in [3.63, 3.8) is 0 Å². The molecule has 0 heterocycles. The minimum Gasteiger partial charge on any atom is -0.496 e. The summed E-state index contributed by atoms with van der Waals surface area (Å²) >= 11 is 0. The van der Waals surface area contributed by atoms with Crippen LogP contribution in [0, 0.1) is 6.10 Å². The van der Waals surface area contributed by atoms with Crippen LogP contribution in [0.15, 0.2) is 24.3 Å². The molecule has 0 aromatic heterocycles. The van der Waals surface area contributed by atoms with Crippen molar-refractivity contribution < 1.29 is 19.3 Å². The van der Waals surface area contributed by atoms with Gasteiger partial charge in [0.1, 0.15) is 17.4 Å². The second-order valence-corrected chi connectivity index (χ2v) is 4.67. The second-order valence-electron chi connectivity index (χ2n) is 4.67. The van der Waals surface area contributed by atoms with Gasteiger partial charge in [0.15, 0.2) is 0 Å². The highest BCUT2D eigenvalue weighted by molar-refractivity contribution is 5.92. The monoisotopic (exact) mass is 279 g/mol. The zero-order chi connectivity index (χ0) is 14.8. The van der Waals surface area contributed by atoms with E-state index < -0.39 is 5.97 Å². The molecule has 0 unspecified atom stereocenters. The van der Waals surface area contributed by atoms with E-state index in [0.29, 0.717) is 17.4 Å². The molecule has 0 saturated carbocycles. The smallest absolute Gasteiger partial charge is 0.376 e. The predicted octanol–water partition coefficient (Wildman–Crippen LogP) is 4.31. The van der Waals surface area contributed by atoms with E-state index in [1.807, 2.05) is 6.92 Å². The lowest BCUT2D eigenvalue weighted by atomic mass is 10.1. The number of carbonyl (C=O) groups is 1. The molecular weight excluding hydrogens is 256 g/mol. The van der Waals surface area contributed by atoms with Gasteiger partial charge in [-0.3, -0.25) is 4.89 Å². The minimum atomic E-state index is -0.546. The van der Waals surface area contributed by atoms with E-state index in [0.717, 1.165) is 19.3 Å². The van der Waals surface area contributed by atoms with Crippen LogP contribution in [0.2, 0.25) is 0 Å². The number of unbranched alkanes of at least 4 members (excludes halogenated alkanes) is 3. The summed E-state index contributed by atoms with van der Waals surface area (Å²) in [7, 11) is 1.51. The molecule has 1 aromatic carbocycles. The Hall–Kier alpha value is -1.55. The summed E-state index contributed by atoms with van der Waals surface area (Å²) in [5.74, 6) is -0.0722. The highest BCUT2D eigenvalue weighted by atomic mass is 17.2. The van der Waals surface area contributed by atoms with E-state index >= 15 is 0 Å². The van der Waals surface area contributed by atoms with Crippen molar-refractivity contribution in [1.29, 1.82) is 0 Å². The highest BCUT2D eigenvalue weighted by Gasteiger charge is 2.16. The first-order valence-corrected chi connectivity index (χ1v) is 7.03. The Kier molecular flexibility index (Phi) is 7.73. The van der Waals surface area contributed by atoms with Crippen molar-refractivity contribution in [1.82, 2.24) is 0 Å². The molecule has 1 aromatic rings. The summed E-state index contributed by atoms with van der Waals surface area (Å²) in [5.41, 5.74) is 0.355. The van der Waals surface area contributed by atoms with Gasteiger partial charge in [-0.25, -0.2) is 4.79 Å². The fourth-order valence-electron chi connectivity index (χ4n) is 1.81. The Morgan fingerprint density at radius 3 is 2.55 bits per heavy atom. The Morgan fingerprint density at radius 2 is 1.85 bits per heavy atom. The molecule has 1 radical (unpaired) electrons. The topological polar surface area (TPSA) is 44.8 Å². The SMILES string of the molecule is CCCCCC[C](C)OOC(=O)c1ccccc1OC. The molecule has 4 heteroatoms. The van der Waals surface area contributed by atoms with Crippen LogP contribution in [0.4, 0.5) is 0 Å². The average Bonchev–Trinajstić information content (AvgIpc) is 2.49. The van der Waals surface area contributed by atoms with Crippen LogP contribution in [0.3, 0.4) is 0 Å². The predicted molar refractivity (Wildman–Crippen MR) is 77.2 cm³/mol. The van der Waals surface area contributed by atoms with Gasteiger partial charge in [-0.2, -0.15) is 4.89 Å². The molecular formula is C16H23O4. The van der Waals surface area contributed by atoms with Crippen LogP contribution in [-0.4, -0.2) is 13.1 Å². The van der Waals surface area contributed by atoms with E-state index in [-0.39, 0.29) is 0 Å². The van der Waals surface area contributed by atoms with Gasteiger partial charge in [0.25, 0.3) is 0 Å².